The summed E-state index contributed by atoms with van der Waals surface area (Å²) in [6, 6.07) is 0. The molecule has 0 radical (unpaired) electrons. The smallest absolute Gasteiger partial charge is 0.142 e. The Morgan fingerprint density at radius 2 is 2.27 bits per heavy atom. The lowest BCUT2D eigenvalue weighted by Crippen LogP contribution is -2.07. The van der Waals surface area contributed by atoms with Gasteiger partial charge in [0, 0.05) is 0 Å². The highest BCUT2D eigenvalue weighted by atomic mass is 16.1. The summed E-state index contributed by atoms with van der Waals surface area (Å²) in [6.45, 7) is 6.95. The quantitative estimate of drug-likeness (QED) is 0.379. The Morgan fingerprint density at radius 3 is 2.80 bits per heavy atom. The molecule has 1 aliphatic rings. The van der Waals surface area contributed by atoms with Gasteiger partial charge in [0.15, 0.2) is 0 Å². The van der Waals surface area contributed by atoms with Gasteiger partial charge < -0.3 is 0 Å². The molecule has 0 N–H and O–H groups in total. The molecule has 84 valence electrons. The first-order valence-corrected chi connectivity index (χ1v) is 5.84. The topological polar surface area (TPSA) is 17.1 Å². The lowest BCUT2D eigenvalue weighted by molar-refractivity contribution is -0.104. The van der Waals surface area contributed by atoms with Crippen molar-refractivity contribution in [3.05, 3.63) is 23.8 Å². The average Bonchev–Trinajstić information content (AvgIpc) is 2.53. The van der Waals surface area contributed by atoms with Crippen molar-refractivity contribution in [2.75, 3.05) is 0 Å². The molecule has 0 spiro atoms. The summed E-state index contributed by atoms with van der Waals surface area (Å²) < 4.78 is 0. The second-order valence-electron chi connectivity index (χ2n) is 5.37. The van der Waals surface area contributed by atoms with Crippen LogP contribution >= 0.6 is 0 Å². The van der Waals surface area contributed by atoms with Crippen molar-refractivity contribution in [2.45, 2.75) is 46.5 Å². The molecule has 0 aromatic heterocycles. The zero-order chi connectivity index (χ0) is 11.3. The van der Waals surface area contributed by atoms with E-state index < -0.39 is 0 Å². The van der Waals surface area contributed by atoms with Crippen molar-refractivity contribution < 1.29 is 4.79 Å². The summed E-state index contributed by atoms with van der Waals surface area (Å²) in [5.41, 5.74) is 2.09. The van der Waals surface area contributed by atoms with Gasteiger partial charge >= 0.3 is 0 Å². The van der Waals surface area contributed by atoms with E-state index in [1.54, 1.807) is 11.6 Å². The van der Waals surface area contributed by atoms with Gasteiger partial charge in [-0.15, -0.1) is 0 Å². The molecule has 0 bridgehead atoms. The van der Waals surface area contributed by atoms with Gasteiger partial charge in [-0.1, -0.05) is 38.5 Å². The standard InChI is InChI=1S/C14H22O/c1-12(7-5-4-6-10-15)13-8-9-14(2,3)11-13/h4,6,8,10,12H,5,7,9,11H2,1-3H3. The molecule has 0 saturated carbocycles. The van der Waals surface area contributed by atoms with Gasteiger partial charge in [-0.25, -0.2) is 0 Å². The molecule has 15 heavy (non-hydrogen) atoms. The minimum atomic E-state index is 0.474. The third kappa shape index (κ3) is 4.03. The molecule has 0 fully saturated rings. The molecule has 0 aliphatic heterocycles. The first-order valence-electron chi connectivity index (χ1n) is 5.84. The third-order valence-corrected chi connectivity index (χ3v) is 3.21. The summed E-state index contributed by atoms with van der Waals surface area (Å²) in [4.78, 5) is 10.1. The van der Waals surface area contributed by atoms with E-state index in [-0.39, 0.29) is 0 Å². The van der Waals surface area contributed by atoms with Gasteiger partial charge in [-0.3, -0.25) is 4.79 Å². The van der Waals surface area contributed by atoms with E-state index in [1.165, 1.54) is 12.8 Å². The van der Waals surface area contributed by atoms with Gasteiger partial charge in [0.1, 0.15) is 6.29 Å². The number of rotatable bonds is 5. The normalized spacial score (nSPS) is 21.7. The van der Waals surface area contributed by atoms with E-state index in [0.717, 1.165) is 19.1 Å². The fourth-order valence-electron chi connectivity index (χ4n) is 2.16. The fraction of sp³-hybridized carbons (Fsp3) is 0.643. The van der Waals surface area contributed by atoms with Crippen LogP contribution in [0.3, 0.4) is 0 Å². The SMILES string of the molecule is CC(CCC=CC=O)C1=CCC(C)(C)C1. The van der Waals surface area contributed by atoms with E-state index in [9.17, 15) is 4.79 Å². The molecular weight excluding hydrogens is 184 g/mol. The van der Waals surface area contributed by atoms with E-state index in [4.69, 9.17) is 0 Å². The minimum absolute atomic E-state index is 0.474. The Labute approximate surface area is 93.3 Å². The van der Waals surface area contributed by atoms with Crippen molar-refractivity contribution in [2.24, 2.45) is 11.3 Å². The van der Waals surface area contributed by atoms with Crippen LogP contribution in [0.4, 0.5) is 0 Å². The second-order valence-corrected chi connectivity index (χ2v) is 5.37. The number of allylic oxidation sites excluding steroid dienone is 4. The number of hydrogen-bond donors (Lipinski definition) is 0. The first kappa shape index (κ1) is 12.2. The number of hydrogen-bond acceptors (Lipinski definition) is 1. The van der Waals surface area contributed by atoms with Crippen LogP contribution in [0.25, 0.3) is 0 Å². The van der Waals surface area contributed by atoms with Gasteiger partial charge in [0.05, 0.1) is 0 Å². The predicted octanol–water partition coefficient (Wildman–Crippen LogP) is 3.90. The summed E-state index contributed by atoms with van der Waals surface area (Å²) >= 11 is 0. The zero-order valence-corrected chi connectivity index (χ0v) is 10.1. The summed E-state index contributed by atoms with van der Waals surface area (Å²) in [6.07, 6.45) is 11.5. The maximum absolute atomic E-state index is 10.1. The highest BCUT2D eigenvalue weighted by Crippen LogP contribution is 2.40. The highest BCUT2D eigenvalue weighted by Gasteiger charge is 2.26. The third-order valence-electron chi connectivity index (χ3n) is 3.21. The Kier molecular flexibility index (Phi) is 4.31. The maximum atomic E-state index is 10.1. The number of aldehydes is 1. The summed E-state index contributed by atoms with van der Waals surface area (Å²) in [5.74, 6) is 0.670. The van der Waals surface area contributed by atoms with Gasteiger partial charge in [0.25, 0.3) is 0 Å². The molecule has 1 atom stereocenters. The van der Waals surface area contributed by atoms with Crippen LogP contribution in [-0.2, 0) is 4.79 Å². The van der Waals surface area contributed by atoms with Crippen LogP contribution in [-0.4, -0.2) is 6.29 Å². The molecule has 0 heterocycles. The second kappa shape index (κ2) is 5.29. The lowest BCUT2D eigenvalue weighted by Gasteiger charge is -2.19. The Morgan fingerprint density at radius 1 is 1.53 bits per heavy atom. The maximum Gasteiger partial charge on any atom is 0.142 e. The Hall–Kier alpha value is -0.850. The largest absolute Gasteiger partial charge is 0.299 e. The van der Waals surface area contributed by atoms with E-state index >= 15 is 0 Å². The monoisotopic (exact) mass is 206 g/mol. The van der Waals surface area contributed by atoms with Crippen molar-refractivity contribution >= 4 is 6.29 Å². The van der Waals surface area contributed by atoms with Crippen molar-refractivity contribution in [3.8, 4) is 0 Å². The predicted molar refractivity (Wildman–Crippen MR) is 64.7 cm³/mol. The zero-order valence-electron chi connectivity index (χ0n) is 10.1. The van der Waals surface area contributed by atoms with E-state index in [1.807, 2.05) is 6.08 Å². The van der Waals surface area contributed by atoms with Crippen LogP contribution in [0.5, 0.6) is 0 Å². The van der Waals surface area contributed by atoms with Crippen LogP contribution in [0.15, 0.2) is 23.8 Å². The number of carbonyl (C=O) groups is 1. The molecule has 0 saturated heterocycles. The molecule has 1 aliphatic carbocycles. The molecule has 0 amide bonds. The van der Waals surface area contributed by atoms with Crippen LogP contribution < -0.4 is 0 Å². The van der Waals surface area contributed by atoms with Crippen molar-refractivity contribution in [3.63, 3.8) is 0 Å². The molecule has 0 aromatic carbocycles. The molecule has 0 aromatic rings. The summed E-state index contributed by atoms with van der Waals surface area (Å²) in [7, 11) is 0. The van der Waals surface area contributed by atoms with Gasteiger partial charge in [0.2, 0.25) is 0 Å². The van der Waals surface area contributed by atoms with E-state index in [2.05, 4.69) is 26.8 Å². The van der Waals surface area contributed by atoms with E-state index in [0.29, 0.717) is 11.3 Å². The first-order chi connectivity index (χ1) is 7.05. The fourth-order valence-corrected chi connectivity index (χ4v) is 2.16. The van der Waals surface area contributed by atoms with Crippen LogP contribution in [0, 0.1) is 11.3 Å². The molecular formula is C14H22O. The Bertz CT molecular complexity index is 271. The van der Waals surface area contributed by atoms with Crippen LogP contribution in [0.2, 0.25) is 0 Å². The highest BCUT2D eigenvalue weighted by molar-refractivity contribution is 5.64. The van der Waals surface area contributed by atoms with Crippen molar-refractivity contribution in [1.29, 1.82) is 0 Å². The Balaban J connectivity index is 2.32. The van der Waals surface area contributed by atoms with Crippen LogP contribution in [0.1, 0.15) is 46.5 Å². The minimum Gasteiger partial charge on any atom is -0.299 e. The van der Waals surface area contributed by atoms with Gasteiger partial charge in [-0.2, -0.15) is 0 Å². The molecule has 1 nitrogen and oxygen atoms in total. The lowest BCUT2D eigenvalue weighted by atomic mass is 9.86. The molecule has 1 heteroatoms. The number of carbonyl (C=O) groups excluding carboxylic acids is 1. The molecule has 1 unspecified atom stereocenters. The van der Waals surface area contributed by atoms with Crippen molar-refractivity contribution in [1.82, 2.24) is 0 Å². The average molecular weight is 206 g/mol. The van der Waals surface area contributed by atoms with Gasteiger partial charge in [-0.05, 0) is 43.1 Å². The molecule has 1 rings (SSSR count). The summed E-state index contributed by atoms with van der Waals surface area (Å²) in [5, 5.41) is 0.